The third-order valence-electron chi connectivity index (χ3n) is 6.79. The minimum Gasteiger partial charge on any atom is -0.371 e. The first kappa shape index (κ1) is 23.2. The van der Waals surface area contributed by atoms with E-state index in [0.717, 1.165) is 43.8 Å². The summed E-state index contributed by atoms with van der Waals surface area (Å²) < 4.78 is 28.6. The average Bonchev–Trinajstić information content (AvgIpc) is 3.26. The molecule has 2 aliphatic heterocycles. The van der Waals surface area contributed by atoms with Gasteiger partial charge in [0.2, 0.25) is 4.21 Å². The van der Waals surface area contributed by atoms with Crippen LogP contribution in [-0.4, -0.2) is 73.3 Å². The molecule has 0 radical (unpaired) electrons. The number of hydrogen-bond donors (Lipinski definition) is 0. The first-order chi connectivity index (χ1) is 16.4. The number of aromatic nitrogens is 1. The fourth-order valence-corrected chi connectivity index (χ4v) is 8.14. The molecule has 11 heteroatoms. The standard InChI is InChI=1S/C23H27N5O4S2/c29-28(30)22-20-3-1-2-4-21(20)33-23(22)34(31,32)27-15-13-25(14-16-27)17-18-7-11-26(12-8-18)19-5-9-24-10-6-19/h1-6,9-10,18H,7-8,11-17H2. The van der Waals surface area contributed by atoms with E-state index in [1.165, 1.54) is 9.99 Å². The minimum absolute atomic E-state index is 0.157. The molecule has 0 N–H and O–H groups in total. The Labute approximate surface area is 202 Å². The van der Waals surface area contributed by atoms with Gasteiger partial charge in [-0.1, -0.05) is 12.1 Å². The first-order valence-corrected chi connectivity index (χ1v) is 13.7. The smallest absolute Gasteiger partial charge is 0.308 e. The summed E-state index contributed by atoms with van der Waals surface area (Å²) in [6.45, 7) is 4.97. The van der Waals surface area contributed by atoms with Gasteiger partial charge in [0.1, 0.15) is 0 Å². The van der Waals surface area contributed by atoms with Crippen molar-refractivity contribution in [3.63, 3.8) is 0 Å². The van der Waals surface area contributed by atoms with Crippen LogP contribution in [0, 0.1) is 16.0 Å². The van der Waals surface area contributed by atoms with Crippen LogP contribution in [0.4, 0.5) is 11.4 Å². The fourth-order valence-electron chi connectivity index (χ4n) is 4.92. The first-order valence-electron chi connectivity index (χ1n) is 11.5. The Morgan fingerprint density at radius 1 is 1.00 bits per heavy atom. The second kappa shape index (κ2) is 9.57. The molecular formula is C23H27N5O4S2. The maximum atomic E-state index is 13.4. The number of anilines is 1. The summed E-state index contributed by atoms with van der Waals surface area (Å²) in [6.07, 6.45) is 5.86. The second-order valence-electron chi connectivity index (χ2n) is 8.83. The quantitative estimate of drug-likeness (QED) is 0.377. The molecule has 9 nitrogen and oxygen atoms in total. The van der Waals surface area contributed by atoms with Gasteiger partial charge in [-0.3, -0.25) is 15.1 Å². The van der Waals surface area contributed by atoms with Crippen LogP contribution in [0.15, 0.2) is 53.0 Å². The van der Waals surface area contributed by atoms with Crippen molar-refractivity contribution in [2.45, 2.75) is 17.1 Å². The number of fused-ring (bicyclic) bond motifs is 1. The summed E-state index contributed by atoms with van der Waals surface area (Å²) in [7, 11) is -3.92. The number of rotatable bonds is 6. The van der Waals surface area contributed by atoms with Crippen molar-refractivity contribution in [1.82, 2.24) is 14.2 Å². The Hall–Kier alpha value is -2.60. The van der Waals surface area contributed by atoms with Gasteiger partial charge in [-0.05, 0) is 43.0 Å². The van der Waals surface area contributed by atoms with Crippen LogP contribution in [0.2, 0.25) is 0 Å². The number of benzene rings is 1. The summed E-state index contributed by atoms with van der Waals surface area (Å²) in [6, 6.07) is 10.9. The minimum atomic E-state index is -3.92. The molecule has 0 spiro atoms. The van der Waals surface area contributed by atoms with E-state index in [9.17, 15) is 18.5 Å². The van der Waals surface area contributed by atoms with E-state index in [1.54, 1.807) is 24.3 Å². The molecule has 2 aliphatic rings. The number of nitro groups is 1. The Bertz CT molecular complexity index is 1270. The summed E-state index contributed by atoms with van der Waals surface area (Å²) in [5.74, 6) is 0.588. The lowest BCUT2D eigenvalue weighted by atomic mass is 9.95. The third kappa shape index (κ3) is 4.52. The number of nitrogens with zero attached hydrogens (tertiary/aromatic N) is 5. The molecule has 0 atom stereocenters. The van der Waals surface area contributed by atoms with E-state index in [4.69, 9.17) is 0 Å². The van der Waals surface area contributed by atoms with Gasteiger partial charge in [-0.15, -0.1) is 11.3 Å². The van der Waals surface area contributed by atoms with Crippen LogP contribution in [0.5, 0.6) is 0 Å². The van der Waals surface area contributed by atoms with Crippen molar-refractivity contribution in [3.05, 3.63) is 58.9 Å². The van der Waals surface area contributed by atoms with Crippen molar-refractivity contribution in [2.24, 2.45) is 5.92 Å². The zero-order chi connectivity index (χ0) is 23.7. The SMILES string of the molecule is O=[N+]([O-])c1c(S(=O)(=O)N2CCN(CC3CCN(c4ccncc4)CC3)CC2)sc2ccccc12. The molecule has 1 aromatic carbocycles. The lowest BCUT2D eigenvalue weighted by molar-refractivity contribution is -0.385. The monoisotopic (exact) mass is 501 g/mol. The van der Waals surface area contributed by atoms with Gasteiger partial charge < -0.3 is 9.80 Å². The summed E-state index contributed by atoms with van der Waals surface area (Å²) in [5, 5.41) is 12.1. The average molecular weight is 502 g/mol. The number of thiophene rings is 1. The summed E-state index contributed by atoms with van der Waals surface area (Å²) >= 11 is 0.987. The number of hydrogen-bond acceptors (Lipinski definition) is 8. The molecule has 0 bridgehead atoms. The highest BCUT2D eigenvalue weighted by molar-refractivity contribution is 7.91. The molecular weight excluding hydrogens is 474 g/mol. The predicted octanol–water partition coefficient (Wildman–Crippen LogP) is 3.43. The Morgan fingerprint density at radius 2 is 1.68 bits per heavy atom. The zero-order valence-electron chi connectivity index (χ0n) is 18.7. The van der Waals surface area contributed by atoms with E-state index < -0.39 is 14.9 Å². The van der Waals surface area contributed by atoms with Crippen LogP contribution in [-0.2, 0) is 10.0 Å². The van der Waals surface area contributed by atoms with Crippen molar-refractivity contribution in [2.75, 3.05) is 50.7 Å². The second-order valence-corrected chi connectivity index (χ2v) is 12.0. The van der Waals surface area contributed by atoms with Crippen LogP contribution >= 0.6 is 11.3 Å². The molecule has 3 aromatic rings. The van der Waals surface area contributed by atoms with E-state index in [-0.39, 0.29) is 9.90 Å². The van der Waals surface area contributed by atoms with Crippen molar-refractivity contribution < 1.29 is 13.3 Å². The molecule has 2 fully saturated rings. The predicted molar refractivity (Wildman–Crippen MR) is 133 cm³/mol. The van der Waals surface area contributed by atoms with E-state index in [1.807, 2.05) is 24.5 Å². The molecule has 0 amide bonds. The highest BCUT2D eigenvalue weighted by Gasteiger charge is 2.37. The zero-order valence-corrected chi connectivity index (χ0v) is 20.4. The largest absolute Gasteiger partial charge is 0.371 e. The Kier molecular flexibility index (Phi) is 6.52. The number of sulfonamides is 1. The van der Waals surface area contributed by atoms with Crippen molar-refractivity contribution in [3.8, 4) is 0 Å². The molecule has 2 saturated heterocycles. The van der Waals surface area contributed by atoms with E-state index >= 15 is 0 Å². The molecule has 0 unspecified atom stereocenters. The topological polar surface area (TPSA) is 99.9 Å². The van der Waals surface area contributed by atoms with Gasteiger partial charge in [0.05, 0.1) is 10.3 Å². The molecule has 5 rings (SSSR count). The molecule has 4 heterocycles. The number of piperidine rings is 1. The van der Waals surface area contributed by atoms with Crippen molar-refractivity contribution >= 4 is 42.8 Å². The number of piperazine rings is 1. The maximum Gasteiger partial charge on any atom is 0.308 e. The van der Waals surface area contributed by atoms with E-state index in [2.05, 4.69) is 14.8 Å². The van der Waals surface area contributed by atoms with E-state index in [0.29, 0.717) is 42.2 Å². The van der Waals surface area contributed by atoms with Crippen LogP contribution in [0.25, 0.3) is 10.1 Å². The van der Waals surface area contributed by atoms with Crippen LogP contribution in [0.3, 0.4) is 0 Å². The van der Waals surface area contributed by atoms with Gasteiger partial charge in [0.15, 0.2) is 0 Å². The molecule has 0 aliphatic carbocycles. The Balaban J connectivity index is 1.20. The fraction of sp³-hybridized carbons (Fsp3) is 0.435. The molecule has 180 valence electrons. The summed E-state index contributed by atoms with van der Waals surface area (Å²) in [5.41, 5.74) is 0.909. The van der Waals surface area contributed by atoms with Gasteiger partial charge in [-0.25, -0.2) is 8.42 Å². The highest BCUT2D eigenvalue weighted by Crippen LogP contribution is 2.41. The highest BCUT2D eigenvalue weighted by atomic mass is 32.2. The molecule has 2 aromatic heterocycles. The van der Waals surface area contributed by atoms with Crippen molar-refractivity contribution in [1.29, 1.82) is 0 Å². The van der Waals surface area contributed by atoms with Gasteiger partial charge in [0, 0.05) is 68.6 Å². The summed E-state index contributed by atoms with van der Waals surface area (Å²) in [4.78, 5) is 20.0. The van der Waals surface area contributed by atoms with Crippen LogP contribution in [0.1, 0.15) is 12.8 Å². The molecule has 34 heavy (non-hydrogen) atoms. The number of pyridine rings is 1. The lowest BCUT2D eigenvalue weighted by Crippen LogP contribution is -2.50. The molecule has 0 saturated carbocycles. The lowest BCUT2D eigenvalue weighted by Gasteiger charge is -2.38. The third-order valence-corrected chi connectivity index (χ3v) is 10.3. The normalized spacial score (nSPS) is 19.0. The van der Waals surface area contributed by atoms with Gasteiger partial charge in [-0.2, -0.15) is 4.31 Å². The maximum absolute atomic E-state index is 13.4. The Morgan fingerprint density at radius 3 is 2.35 bits per heavy atom. The van der Waals surface area contributed by atoms with Crippen LogP contribution < -0.4 is 4.90 Å². The van der Waals surface area contributed by atoms with Gasteiger partial charge in [0.25, 0.3) is 10.0 Å². The van der Waals surface area contributed by atoms with Gasteiger partial charge >= 0.3 is 5.69 Å².